The largest absolute Gasteiger partial charge is 0.493 e. The average Bonchev–Trinajstić information content (AvgIpc) is 3.33. The molecule has 166 valence electrons. The van der Waals surface area contributed by atoms with Crippen LogP contribution in [0.15, 0.2) is 36.4 Å². The van der Waals surface area contributed by atoms with Gasteiger partial charge in [-0.25, -0.2) is 0 Å². The van der Waals surface area contributed by atoms with Crippen LogP contribution in [-0.2, 0) is 6.54 Å². The van der Waals surface area contributed by atoms with Gasteiger partial charge >= 0.3 is 0 Å². The van der Waals surface area contributed by atoms with Gasteiger partial charge in [-0.2, -0.15) is 0 Å². The number of pyridine rings is 1. The number of aromatic nitrogens is 1. The van der Waals surface area contributed by atoms with E-state index < -0.39 is 0 Å². The minimum atomic E-state index is -0.155. The Balaban J connectivity index is 1.32. The highest BCUT2D eigenvalue weighted by Crippen LogP contribution is 2.32. The summed E-state index contributed by atoms with van der Waals surface area (Å²) < 4.78 is 11.8. The van der Waals surface area contributed by atoms with Crippen LogP contribution in [0.25, 0.3) is 0 Å². The molecule has 2 heterocycles. The lowest BCUT2D eigenvalue weighted by molar-refractivity contribution is 0.0750. The van der Waals surface area contributed by atoms with Gasteiger partial charge in [-0.15, -0.1) is 0 Å². The minimum Gasteiger partial charge on any atom is -0.493 e. The highest BCUT2D eigenvalue weighted by atomic mass is 16.5. The lowest BCUT2D eigenvalue weighted by Crippen LogP contribution is -2.43. The van der Waals surface area contributed by atoms with Gasteiger partial charge in [-0.05, 0) is 62.9 Å². The summed E-state index contributed by atoms with van der Waals surface area (Å²) in [5.41, 5.74) is 2.32. The van der Waals surface area contributed by atoms with Gasteiger partial charge in [0.1, 0.15) is 6.10 Å². The summed E-state index contributed by atoms with van der Waals surface area (Å²) in [4.78, 5) is 19.7. The van der Waals surface area contributed by atoms with Crippen LogP contribution in [0.4, 0.5) is 0 Å². The van der Waals surface area contributed by atoms with Crippen LogP contribution in [0.1, 0.15) is 60.3 Å². The topological polar surface area (TPSA) is 63.7 Å². The van der Waals surface area contributed by atoms with Crippen molar-refractivity contribution in [2.45, 2.75) is 64.1 Å². The molecule has 31 heavy (non-hydrogen) atoms. The van der Waals surface area contributed by atoms with E-state index in [4.69, 9.17) is 9.47 Å². The van der Waals surface area contributed by atoms with Crippen molar-refractivity contribution in [2.75, 3.05) is 20.2 Å². The maximum atomic E-state index is 12.6. The molecule has 1 amide bonds. The first-order valence-corrected chi connectivity index (χ1v) is 11.4. The molecule has 1 saturated heterocycles. The van der Waals surface area contributed by atoms with Crippen molar-refractivity contribution in [1.82, 2.24) is 15.2 Å². The molecule has 0 unspecified atom stereocenters. The van der Waals surface area contributed by atoms with Crippen LogP contribution in [0.2, 0.25) is 0 Å². The van der Waals surface area contributed by atoms with Crippen molar-refractivity contribution in [1.29, 1.82) is 0 Å². The number of nitrogens with zero attached hydrogens (tertiary/aromatic N) is 2. The molecule has 1 aliphatic carbocycles. The van der Waals surface area contributed by atoms with E-state index in [1.54, 1.807) is 19.2 Å². The first-order chi connectivity index (χ1) is 15.1. The van der Waals surface area contributed by atoms with Crippen LogP contribution in [-0.4, -0.2) is 48.1 Å². The van der Waals surface area contributed by atoms with Crippen molar-refractivity contribution in [3.05, 3.63) is 53.3 Å². The molecule has 4 rings (SSSR count). The fourth-order valence-corrected chi connectivity index (χ4v) is 4.68. The number of methoxy groups -OCH3 is 1. The Kier molecular flexibility index (Phi) is 7.07. The number of aryl methyl sites for hydroxylation is 1. The lowest BCUT2D eigenvalue weighted by Gasteiger charge is -2.36. The van der Waals surface area contributed by atoms with Crippen molar-refractivity contribution >= 4 is 5.91 Å². The molecule has 2 fully saturated rings. The predicted octanol–water partition coefficient (Wildman–Crippen LogP) is 4.11. The first-order valence-electron chi connectivity index (χ1n) is 11.4. The molecule has 0 bridgehead atoms. The second-order valence-corrected chi connectivity index (χ2v) is 8.61. The summed E-state index contributed by atoms with van der Waals surface area (Å²) in [5, 5.41) is 2.92. The van der Waals surface area contributed by atoms with Crippen molar-refractivity contribution in [2.24, 2.45) is 0 Å². The van der Waals surface area contributed by atoms with E-state index in [0.717, 1.165) is 43.4 Å². The Morgan fingerprint density at radius 2 is 1.87 bits per heavy atom. The van der Waals surface area contributed by atoms with E-state index in [1.807, 2.05) is 31.2 Å². The van der Waals surface area contributed by atoms with E-state index >= 15 is 0 Å². The smallest absolute Gasteiger partial charge is 0.251 e. The van der Waals surface area contributed by atoms with Gasteiger partial charge in [0.2, 0.25) is 0 Å². The monoisotopic (exact) mass is 423 g/mol. The molecule has 1 saturated carbocycles. The Hall–Kier alpha value is -2.60. The molecule has 1 aromatic carbocycles. The number of rotatable bonds is 7. The van der Waals surface area contributed by atoms with Crippen molar-refractivity contribution < 1.29 is 14.3 Å². The quantitative estimate of drug-likeness (QED) is 0.726. The molecule has 0 spiro atoms. The van der Waals surface area contributed by atoms with Gasteiger partial charge < -0.3 is 19.7 Å². The molecule has 1 aliphatic heterocycles. The highest BCUT2D eigenvalue weighted by molar-refractivity contribution is 5.94. The van der Waals surface area contributed by atoms with Crippen LogP contribution in [0, 0.1) is 6.92 Å². The van der Waals surface area contributed by atoms with Gasteiger partial charge in [0.15, 0.2) is 11.5 Å². The first kappa shape index (κ1) is 21.6. The third-order valence-corrected chi connectivity index (χ3v) is 6.41. The van der Waals surface area contributed by atoms with Gasteiger partial charge in [0.05, 0.1) is 19.3 Å². The van der Waals surface area contributed by atoms with E-state index in [1.165, 1.54) is 25.7 Å². The Bertz CT molecular complexity index is 887. The molecular weight excluding hydrogens is 390 g/mol. The van der Waals surface area contributed by atoms with Crippen LogP contribution < -0.4 is 14.8 Å². The van der Waals surface area contributed by atoms with E-state index in [2.05, 4.69) is 15.2 Å². The molecule has 0 radical (unpaired) electrons. The summed E-state index contributed by atoms with van der Waals surface area (Å²) in [6, 6.07) is 12.0. The second-order valence-electron chi connectivity index (χ2n) is 8.61. The zero-order chi connectivity index (χ0) is 21.6. The number of benzene rings is 1. The number of amides is 1. The van der Waals surface area contributed by atoms with Crippen molar-refractivity contribution in [3.63, 3.8) is 0 Å². The van der Waals surface area contributed by atoms with Crippen LogP contribution in [0.3, 0.4) is 0 Å². The molecule has 0 atom stereocenters. The van der Waals surface area contributed by atoms with E-state index in [0.29, 0.717) is 23.6 Å². The van der Waals surface area contributed by atoms with E-state index in [9.17, 15) is 4.79 Å². The summed E-state index contributed by atoms with van der Waals surface area (Å²) in [6.07, 6.45) is 7.71. The maximum absolute atomic E-state index is 12.6. The van der Waals surface area contributed by atoms with Crippen LogP contribution >= 0.6 is 0 Å². The predicted molar refractivity (Wildman–Crippen MR) is 121 cm³/mol. The number of carbonyl (C=O) groups excluding carboxylic acids is 1. The molecule has 2 aromatic rings. The second kappa shape index (κ2) is 10.1. The Morgan fingerprint density at radius 3 is 2.58 bits per heavy atom. The number of piperidine rings is 1. The summed E-state index contributed by atoms with van der Waals surface area (Å²) in [7, 11) is 1.61. The molecular formula is C25H33N3O3. The summed E-state index contributed by atoms with van der Waals surface area (Å²) in [6.45, 7) is 4.53. The molecule has 6 nitrogen and oxygen atoms in total. The van der Waals surface area contributed by atoms with Crippen LogP contribution in [0.5, 0.6) is 11.5 Å². The fourth-order valence-electron chi connectivity index (χ4n) is 4.68. The molecule has 6 heteroatoms. The average molecular weight is 424 g/mol. The molecule has 2 aliphatic rings. The molecule has 1 aromatic heterocycles. The number of ether oxygens (including phenoxy) is 2. The number of hydrogen-bond acceptors (Lipinski definition) is 5. The Morgan fingerprint density at radius 1 is 1.10 bits per heavy atom. The number of carbonyl (C=O) groups is 1. The molecule has 1 N–H and O–H groups in total. The lowest BCUT2D eigenvalue weighted by atomic mass is 10.0. The zero-order valence-corrected chi connectivity index (χ0v) is 18.6. The van der Waals surface area contributed by atoms with Gasteiger partial charge in [0, 0.05) is 30.4 Å². The zero-order valence-electron chi connectivity index (χ0n) is 18.6. The maximum Gasteiger partial charge on any atom is 0.251 e. The summed E-state index contributed by atoms with van der Waals surface area (Å²) in [5.74, 6) is 1.15. The highest BCUT2D eigenvalue weighted by Gasteiger charge is 2.28. The normalized spacial score (nSPS) is 18.1. The fraction of sp³-hybridized carbons (Fsp3) is 0.520. The third kappa shape index (κ3) is 5.56. The third-order valence-electron chi connectivity index (χ3n) is 6.41. The van der Waals surface area contributed by atoms with Gasteiger partial charge in [0.25, 0.3) is 5.91 Å². The van der Waals surface area contributed by atoms with E-state index in [-0.39, 0.29) is 12.0 Å². The van der Waals surface area contributed by atoms with Crippen molar-refractivity contribution in [3.8, 4) is 11.5 Å². The standard InChI is InChI=1S/C25H33N3O3/c1-18-6-5-7-20(27-18)17-26-25(29)19-10-11-23(24(16-19)30-2)31-22-12-14-28(15-13-22)21-8-3-4-9-21/h5-7,10-11,16,21-22H,3-4,8-9,12-15,17H2,1-2H3,(H,26,29). The summed E-state index contributed by atoms with van der Waals surface area (Å²) >= 11 is 0. The number of likely N-dealkylation sites (tertiary alicyclic amines) is 1. The number of hydrogen-bond donors (Lipinski definition) is 1. The number of nitrogens with one attached hydrogen (secondary N) is 1. The minimum absolute atomic E-state index is 0.155. The van der Waals surface area contributed by atoms with Gasteiger partial charge in [-0.1, -0.05) is 18.9 Å². The van der Waals surface area contributed by atoms with Gasteiger partial charge in [-0.3, -0.25) is 9.78 Å². The SMILES string of the molecule is COc1cc(C(=O)NCc2cccc(C)n2)ccc1OC1CCN(C2CCCC2)CC1. The Labute approximate surface area is 185 Å².